The number of nitrogens with zero attached hydrogens (tertiary/aromatic N) is 1. The molecule has 1 saturated heterocycles. The van der Waals surface area contributed by atoms with E-state index in [9.17, 15) is 14.0 Å². The number of amides is 1. The Morgan fingerprint density at radius 3 is 2.77 bits per heavy atom. The lowest BCUT2D eigenvalue weighted by Gasteiger charge is -2.23. The van der Waals surface area contributed by atoms with Crippen LogP contribution < -0.4 is 16.2 Å². The molecule has 1 atom stereocenters. The summed E-state index contributed by atoms with van der Waals surface area (Å²) in [4.78, 5) is 24.6. The molecule has 0 aliphatic carbocycles. The smallest absolute Gasteiger partial charge is 0.274 e. The molecule has 2 aromatic rings. The molecule has 2 heterocycles. The molecule has 1 amide bonds. The van der Waals surface area contributed by atoms with Gasteiger partial charge in [-0.25, -0.2) is 4.39 Å². The number of carbonyl (C=O) groups excluding carboxylic acids is 1. The molecule has 1 aliphatic rings. The summed E-state index contributed by atoms with van der Waals surface area (Å²) in [6, 6.07) is 9.19. The molecule has 1 aromatic carbocycles. The first-order valence-corrected chi connectivity index (χ1v) is 8.17. The number of carbonyl (C=O) groups is 1. The van der Waals surface area contributed by atoms with Crippen LogP contribution in [-0.2, 0) is 16.1 Å². The Balaban J connectivity index is 0.00000243. The summed E-state index contributed by atoms with van der Waals surface area (Å²) in [6.45, 7) is 2.15. The maximum atomic E-state index is 13.0. The van der Waals surface area contributed by atoms with Crippen molar-refractivity contribution in [2.24, 2.45) is 0 Å². The summed E-state index contributed by atoms with van der Waals surface area (Å²) in [5.74, 6) is -0.558. The van der Waals surface area contributed by atoms with Crippen LogP contribution in [0.1, 0.15) is 12.0 Å². The molecule has 1 unspecified atom stereocenters. The Kier molecular flexibility index (Phi) is 7.32. The van der Waals surface area contributed by atoms with Gasteiger partial charge in [-0.3, -0.25) is 9.59 Å². The SMILES string of the molecule is Cl.O=C(CC1COCCN1)Nc1cccn(Cc2ccc(F)cc2)c1=O. The highest BCUT2D eigenvalue weighted by molar-refractivity contribution is 5.90. The van der Waals surface area contributed by atoms with E-state index in [-0.39, 0.29) is 47.8 Å². The summed E-state index contributed by atoms with van der Waals surface area (Å²) in [5, 5.41) is 5.86. The van der Waals surface area contributed by atoms with Crippen molar-refractivity contribution in [1.82, 2.24) is 9.88 Å². The van der Waals surface area contributed by atoms with Crippen LogP contribution in [-0.4, -0.2) is 36.3 Å². The van der Waals surface area contributed by atoms with Crippen molar-refractivity contribution in [3.8, 4) is 0 Å². The van der Waals surface area contributed by atoms with E-state index in [1.807, 2.05) is 0 Å². The highest BCUT2D eigenvalue weighted by Gasteiger charge is 2.17. The number of pyridine rings is 1. The molecule has 0 spiro atoms. The summed E-state index contributed by atoms with van der Waals surface area (Å²) in [5.41, 5.74) is 0.731. The Hall–Kier alpha value is -2.22. The van der Waals surface area contributed by atoms with Crippen molar-refractivity contribution in [3.63, 3.8) is 0 Å². The Labute approximate surface area is 156 Å². The monoisotopic (exact) mass is 381 g/mol. The highest BCUT2D eigenvalue weighted by Crippen LogP contribution is 2.07. The maximum Gasteiger partial charge on any atom is 0.274 e. The molecule has 140 valence electrons. The summed E-state index contributed by atoms with van der Waals surface area (Å²) >= 11 is 0. The third-order valence-corrected chi connectivity index (χ3v) is 3.99. The fourth-order valence-corrected chi connectivity index (χ4v) is 2.72. The van der Waals surface area contributed by atoms with Crippen LogP contribution in [0.2, 0.25) is 0 Å². The number of ether oxygens (including phenoxy) is 1. The molecule has 6 nitrogen and oxygen atoms in total. The third-order valence-electron chi connectivity index (χ3n) is 3.99. The largest absolute Gasteiger partial charge is 0.378 e. The fourth-order valence-electron chi connectivity index (χ4n) is 2.72. The van der Waals surface area contributed by atoms with Gasteiger partial charge in [0.1, 0.15) is 11.5 Å². The second-order valence-electron chi connectivity index (χ2n) is 5.96. The second-order valence-corrected chi connectivity index (χ2v) is 5.96. The quantitative estimate of drug-likeness (QED) is 0.828. The molecule has 1 aliphatic heterocycles. The third kappa shape index (κ3) is 5.39. The van der Waals surface area contributed by atoms with Gasteiger partial charge in [-0.1, -0.05) is 12.1 Å². The maximum absolute atomic E-state index is 13.0. The van der Waals surface area contributed by atoms with Crippen molar-refractivity contribution >= 4 is 24.0 Å². The van der Waals surface area contributed by atoms with Gasteiger partial charge in [0.2, 0.25) is 5.91 Å². The number of nitrogens with one attached hydrogen (secondary N) is 2. The lowest BCUT2D eigenvalue weighted by molar-refractivity contribution is -0.117. The van der Waals surface area contributed by atoms with Crippen molar-refractivity contribution in [2.75, 3.05) is 25.1 Å². The van der Waals surface area contributed by atoms with E-state index in [4.69, 9.17) is 4.74 Å². The number of morpholine rings is 1. The zero-order chi connectivity index (χ0) is 17.6. The van der Waals surface area contributed by atoms with Crippen molar-refractivity contribution in [1.29, 1.82) is 0 Å². The van der Waals surface area contributed by atoms with Gasteiger partial charge >= 0.3 is 0 Å². The Bertz CT molecular complexity index is 789. The van der Waals surface area contributed by atoms with Crippen LogP contribution in [0.5, 0.6) is 0 Å². The van der Waals surface area contributed by atoms with E-state index in [0.717, 1.165) is 5.56 Å². The number of hydrogen-bond acceptors (Lipinski definition) is 4. The second kappa shape index (κ2) is 9.47. The molecular formula is C18H21ClFN3O3. The minimum Gasteiger partial charge on any atom is -0.378 e. The van der Waals surface area contributed by atoms with Gasteiger partial charge in [0.15, 0.2) is 0 Å². The lowest BCUT2D eigenvalue weighted by Crippen LogP contribution is -2.43. The number of hydrogen-bond donors (Lipinski definition) is 2. The first-order valence-electron chi connectivity index (χ1n) is 8.17. The van der Waals surface area contributed by atoms with Gasteiger partial charge in [0.25, 0.3) is 5.56 Å². The first kappa shape index (κ1) is 20.1. The van der Waals surface area contributed by atoms with Crippen molar-refractivity contribution < 1.29 is 13.9 Å². The first-order chi connectivity index (χ1) is 12.1. The molecule has 8 heteroatoms. The fraction of sp³-hybridized carbons (Fsp3) is 0.333. The van der Waals surface area contributed by atoms with Crippen LogP contribution in [0.4, 0.5) is 10.1 Å². The van der Waals surface area contributed by atoms with Crippen LogP contribution in [0.15, 0.2) is 47.4 Å². The van der Waals surface area contributed by atoms with Gasteiger partial charge in [0.05, 0.1) is 19.8 Å². The lowest BCUT2D eigenvalue weighted by atomic mass is 10.2. The van der Waals surface area contributed by atoms with Gasteiger partial charge in [-0.15, -0.1) is 12.4 Å². The Morgan fingerprint density at radius 2 is 2.08 bits per heavy atom. The van der Waals surface area contributed by atoms with Crippen molar-refractivity contribution in [3.05, 3.63) is 64.3 Å². The zero-order valence-electron chi connectivity index (χ0n) is 14.1. The topological polar surface area (TPSA) is 72.4 Å². The number of halogens is 2. The molecule has 3 rings (SSSR count). The van der Waals surface area contributed by atoms with Gasteiger partial charge < -0.3 is 19.9 Å². The molecule has 2 N–H and O–H groups in total. The minimum absolute atomic E-state index is 0. The Morgan fingerprint density at radius 1 is 1.31 bits per heavy atom. The predicted octanol–water partition coefficient (Wildman–Crippen LogP) is 1.77. The summed E-state index contributed by atoms with van der Waals surface area (Å²) < 4.78 is 19.8. The number of aromatic nitrogens is 1. The molecular weight excluding hydrogens is 361 g/mol. The predicted molar refractivity (Wildman–Crippen MR) is 99.3 cm³/mol. The number of benzene rings is 1. The van der Waals surface area contributed by atoms with E-state index in [2.05, 4.69) is 10.6 Å². The highest BCUT2D eigenvalue weighted by atomic mass is 35.5. The molecule has 26 heavy (non-hydrogen) atoms. The number of rotatable bonds is 5. The molecule has 0 bridgehead atoms. The summed E-state index contributed by atoms with van der Waals surface area (Å²) in [6.07, 6.45) is 1.88. The van der Waals surface area contributed by atoms with Gasteiger partial charge in [-0.05, 0) is 29.8 Å². The van der Waals surface area contributed by atoms with E-state index >= 15 is 0 Å². The average molecular weight is 382 g/mol. The average Bonchev–Trinajstić information content (AvgIpc) is 2.61. The molecule has 1 aromatic heterocycles. The van der Waals surface area contributed by atoms with Crippen molar-refractivity contribution in [2.45, 2.75) is 19.0 Å². The van der Waals surface area contributed by atoms with E-state index < -0.39 is 0 Å². The van der Waals surface area contributed by atoms with E-state index in [1.54, 1.807) is 30.5 Å². The van der Waals surface area contributed by atoms with Gasteiger partial charge in [-0.2, -0.15) is 0 Å². The van der Waals surface area contributed by atoms with Crippen LogP contribution in [0.3, 0.4) is 0 Å². The summed E-state index contributed by atoms with van der Waals surface area (Å²) in [7, 11) is 0. The van der Waals surface area contributed by atoms with E-state index in [0.29, 0.717) is 26.3 Å². The zero-order valence-corrected chi connectivity index (χ0v) is 14.9. The minimum atomic E-state index is -0.322. The van der Waals surface area contributed by atoms with E-state index in [1.165, 1.54) is 16.7 Å². The normalized spacial score (nSPS) is 16.6. The number of anilines is 1. The van der Waals surface area contributed by atoms with Crippen LogP contribution >= 0.6 is 12.4 Å². The van der Waals surface area contributed by atoms with Crippen LogP contribution in [0.25, 0.3) is 0 Å². The molecule has 0 saturated carbocycles. The molecule has 0 radical (unpaired) electrons. The van der Waals surface area contributed by atoms with Crippen LogP contribution in [0, 0.1) is 5.82 Å². The standard InChI is InChI=1S/C18H20FN3O3.ClH/c19-14-5-3-13(4-6-14)11-22-8-1-2-16(18(22)24)21-17(23)10-15-12-25-9-7-20-15;/h1-6,8,15,20H,7,9-12H2,(H,21,23);1H. The van der Waals surface area contributed by atoms with Gasteiger partial charge in [0, 0.05) is 25.2 Å². The molecule has 1 fully saturated rings.